The molecule has 0 saturated carbocycles. The van der Waals surface area contributed by atoms with Crippen LogP contribution in [-0.4, -0.2) is 32.3 Å². The molecule has 1 aromatic heterocycles. The Balaban J connectivity index is 1.58. The average molecular weight is 466 g/mol. The number of carbonyl (C=O) groups is 2. The van der Waals surface area contributed by atoms with Gasteiger partial charge in [0, 0.05) is 18.1 Å². The van der Waals surface area contributed by atoms with Crippen LogP contribution in [0.15, 0.2) is 47.6 Å². The Kier molecular flexibility index (Phi) is 7.20. The van der Waals surface area contributed by atoms with Crippen molar-refractivity contribution in [1.29, 1.82) is 0 Å². The number of anilines is 1. The van der Waals surface area contributed by atoms with Gasteiger partial charge < -0.3 is 20.4 Å². The Morgan fingerprint density at radius 1 is 1.20 bits per heavy atom. The third-order valence-corrected chi connectivity index (χ3v) is 5.54. The van der Waals surface area contributed by atoms with Crippen LogP contribution in [0, 0.1) is 0 Å². The van der Waals surface area contributed by atoms with Gasteiger partial charge >= 0.3 is 0 Å². The molecule has 2 amide bonds. The van der Waals surface area contributed by atoms with Crippen molar-refractivity contribution < 1.29 is 14.3 Å². The van der Waals surface area contributed by atoms with Gasteiger partial charge in [0.25, 0.3) is 5.91 Å². The molecule has 11 heteroatoms. The summed E-state index contributed by atoms with van der Waals surface area (Å²) in [6.07, 6.45) is 0. The number of carbonyl (C=O) groups excluding carboxylic acids is 2. The van der Waals surface area contributed by atoms with Crippen molar-refractivity contribution in [3.63, 3.8) is 0 Å². The lowest BCUT2D eigenvalue weighted by atomic mass is 10.1. The number of nitrogens with zero attached hydrogens (tertiary/aromatic N) is 3. The molecular formula is C19H17Cl2N5O3S. The Labute approximate surface area is 186 Å². The number of primary amides is 1. The number of hydrogen-bond acceptors (Lipinski definition) is 6. The number of para-hydroxylation sites is 1. The van der Waals surface area contributed by atoms with Crippen molar-refractivity contribution in [3.05, 3.63) is 63.9 Å². The van der Waals surface area contributed by atoms with Crippen molar-refractivity contribution in [2.24, 2.45) is 12.8 Å². The summed E-state index contributed by atoms with van der Waals surface area (Å²) >= 11 is 13.2. The first-order valence-electron chi connectivity index (χ1n) is 8.62. The monoisotopic (exact) mass is 465 g/mol. The van der Waals surface area contributed by atoms with Crippen LogP contribution in [0.3, 0.4) is 0 Å². The summed E-state index contributed by atoms with van der Waals surface area (Å²) in [5.74, 6) is 0.137. The second kappa shape index (κ2) is 9.84. The molecule has 0 fully saturated rings. The predicted octanol–water partition coefficient (Wildman–Crippen LogP) is 3.53. The molecule has 3 N–H and O–H groups in total. The number of ether oxygens (including phenoxy) is 1. The van der Waals surface area contributed by atoms with E-state index < -0.39 is 5.91 Å². The molecule has 0 spiro atoms. The van der Waals surface area contributed by atoms with Crippen LogP contribution in [0.25, 0.3) is 0 Å². The van der Waals surface area contributed by atoms with Crippen LogP contribution in [-0.2, 0) is 18.4 Å². The predicted molar refractivity (Wildman–Crippen MR) is 116 cm³/mol. The molecular weight excluding hydrogens is 449 g/mol. The van der Waals surface area contributed by atoms with Gasteiger partial charge in [0.1, 0.15) is 12.4 Å². The van der Waals surface area contributed by atoms with E-state index in [-0.39, 0.29) is 23.8 Å². The maximum atomic E-state index is 12.3. The highest BCUT2D eigenvalue weighted by molar-refractivity contribution is 7.99. The van der Waals surface area contributed by atoms with Crippen LogP contribution in [0.1, 0.15) is 16.2 Å². The van der Waals surface area contributed by atoms with Crippen LogP contribution >= 0.6 is 35.0 Å². The number of halogens is 2. The standard InChI is InChI=1S/C19H17Cl2N5O3S/c1-26-16(9-29-15-8-11(20)6-7-13(15)21)24-25-19(26)30-10-17(27)23-14-5-3-2-4-12(14)18(22)28/h2-8H,9-10H2,1H3,(H2,22,28)(H,23,27). The number of amides is 2. The lowest BCUT2D eigenvalue weighted by Crippen LogP contribution is -2.19. The van der Waals surface area contributed by atoms with E-state index in [9.17, 15) is 9.59 Å². The van der Waals surface area contributed by atoms with Crippen molar-refractivity contribution in [2.75, 3.05) is 11.1 Å². The molecule has 8 nitrogen and oxygen atoms in total. The van der Waals surface area contributed by atoms with E-state index in [1.807, 2.05) is 0 Å². The number of nitrogens with one attached hydrogen (secondary N) is 1. The van der Waals surface area contributed by atoms with E-state index in [1.165, 1.54) is 11.8 Å². The molecule has 0 aliphatic carbocycles. The molecule has 0 unspecified atom stereocenters. The van der Waals surface area contributed by atoms with Crippen LogP contribution < -0.4 is 15.8 Å². The van der Waals surface area contributed by atoms with E-state index in [2.05, 4.69) is 15.5 Å². The normalized spacial score (nSPS) is 10.6. The highest BCUT2D eigenvalue weighted by Crippen LogP contribution is 2.28. The zero-order valence-electron chi connectivity index (χ0n) is 15.8. The van der Waals surface area contributed by atoms with E-state index in [1.54, 1.807) is 54.1 Å². The minimum absolute atomic E-state index is 0.0695. The highest BCUT2D eigenvalue weighted by atomic mass is 35.5. The number of rotatable bonds is 8. The third kappa shape index (κ3) is 5.44. The minimum Gasteiger partial charge on any atom is -0.484 e. The van der Waals surface area contributed by atoms with Gasteiger partial charge in [0.05, 0.1) is 22.0 Å². The van der Waals surface area contributed by atoms with Gasteiger partial charge in [0.2, 0.25) is 5.91 Å². The summed E-state index contributed by atoms with van der Waals surface area (Å²) in [4.78, 5) is 23.7. The summed E-state index contributed by atoms with van der Waals surface area (Å²) in [5, 5.41) is 12.3. The Hall–Kier alpha value is -2.75. The first-order valence-corrected chi connectivity index (χ1v) is 10.4. The average Bonchev–Trinajstić information content (AvgIpc) is 3.07. The highest BCUT2D eigenvalue weighted by Gasteiger charge is 2.14. The van der Waals surface area contributed by atoms with Gasteiger partial charge in [-0.05, 0) is 24.3 Å². The molecule has 0 atom stereocenters. The fourth-order valence-corrected chi connectivity index (χ4v) is 3.51. The molecule has 0 aliphatic rings. The smallest absolute Gasteiger partial charge is 0.250 e. The summed E-state index contributed by atoms with van der Waals surface area (Å²) in [7, 11) is 1.76. The lowest BCUT2D eigenvalue weighted by Gasteiger charge is -2.09. The molecule has 2 aromatic carbocycles. The number of aromatic nitrogens is 3. The van der Waals surface area contributed by atoms with E-state index in [4.69, 9.17) is 33.7 Å². The van der Waals surface area contributed by atoms with Crippen molar-refractivity contribution in [1.82, 2.24) is 14.8 Å². The van der Waals surface area contributed by atoms with Gasteiger partial charge in [-0.1, -0.05) is 47.1 Å². The van der Waals surface area contributed by atoms with E-state index >= 15 is 0 Å². The van der Waals surface area contributed by atoms with Crippen LogP contribution in [0.5, 0.6) is 5.75 Å². The summed E-state index contributed by atoms with van der Waals surface area (Å²) in [6, 6.07) is 11.5. The molecule has 0 aliphatic heterocycles. The molecule has 0 saturated heterocycles. The van der Waals surface area contributed by atoms with Gasteiger partial charge in [-0.25, -0.2) is 0 Å². The minimum atomic E-state index is -0.615. The Bertz CT molecular complexity index is 1090. The lowest BCUT2D eigenvalue weighted by molar-refractivity contribution is -0.113. The second-order valence-corrected chi connectivity index (χ2v) is 7.85. The molecule has 0 bridgehead atoms. The maximum Gasteiger partial charge on any atom is 0.250 e. The molecule has 3 rings (SSSR count). The zero-order chi connectivity index (χ0) is 21.7. The first kappa shape index (κ1) is 21.9. The third-order valence-electron chi connectivity index (χ3n) is 3.97. The quantitative estimate of drug-likeness (QED) is 0.492. The zero-order valence-corrected chi connectivity index (χ0v) is 18.1. The molecule has 3 aromatic rings. The molecule has 30 heavy (non-hydrogen) atoms. The van der Waals surface area contributed by atoms with Gasteiger partial charge in [-0.15, -0.1) is 10.2 Å². The van der Waals surface area contributed by atoms with Crippen LogP contribution in [0.4, 0.5) is 5.69 Å². The number of benzene rings is 2. The SMILES string of the molecule is Cn1c(COc2cc(Cl)ccc2Cl)nnc1SCC(=O)Nc1ccccc1C(N)=O. The largest absolute Gasteiger partial charge is 0.484 e. The van der Waals surface area contributed by atoms with Crippen molar-refractivity contribution in [3.8, 4) is 5.75 Å². The fraction of sp³-hybridized carbons (Fsp3) is 0.158. The second-order valence-electron chi connectivity index (χ2n) is 6.07. The Morgan fingerprint density at radius 2 is 1.97 bits per heavy atom. The number of thioether (sulfide) groups is 1. The van der Waals surface area contributed by atoms with Gasteiger partial charge in [-0.3, -0.25) is 9.59 Å². The molecule has 0 radical (unpaired) electrons. The van der Waals surface area contributed by atoms with Gasteiger partial charge in [0.15, 0.2) is 11.0 Å². The molecule has 1 heterocycles. The van der Waals surface area contributed by atoms with Crippen LogP contribution in [0.2, 0.25) is 10.0 Å². The van der Waals surface area contributed by atoms with Crippen molar-refractivity contribution in [2.45, 2.75) is 11.8 Å². The van der Waals surface area contributed by atoms with E-state index in [0.29, 0.717) is 32.5 Å². The summed E-state index contributed by atoms with van der Waals surface area (Å²) in [5.41, 5.74) is 5.93. The summed E-state index contributed by atoms with van der Waals surface area (Å²) in [6.45, 7) is 0.127. The van der Waals surface area contributed by atoms with E-state index in [0.717, 1.165) is 0 Å². The maximum absolute atomic E-state index is 12.3. The Morgan fingerprint density at radius 3 is 2.73 bits per heavy atom. The number of hydrogen-bond donors (Lipinski definition) is 2. The fourth-order valence-electron chi connectivity index (χ4n) is 2.45. The molecule has 156 valence electrons. The topological polar surface area (TPSA) is 112 Å². The summed E-state index contributed by atoms with van der Waals surface area (Å²) < 4.78 is 7.38. The first-order chi connectivity index (χ1) is 14.3. The number of nitrogens with two attached hydrogens (primary N) is 1. The van der Waals surface area contributed by atoms with Crippen molar-refractivity contribution >= 4 is 52.5 Å². The van der Waals surface area contributed by atoms with Gasteiger partial charge in [-0.2, -0.15) is 0 Å².